The third kappa shape index (κ3) is 5.13. The first-order valence-electron chi connectivity index (χ1n) is 6.07. The first kappa shape index (κ1) is 14.9. The predicted molar refractivity (Wildman–Crippen MR) is 65.5 cm³/mol. The molecular weight excluding hydrogens is 202 g/mol. The third-order valence-corrected chi connectivity index (χ3v) is 3.14. The summed E-state index contributed by atoms with van der Waals surface area (Å²) in [4.78, 5) is 21.8. The molecule has 16 heavy (non-hydrogen) atoms. The lowest BCUT2D eigenvalue weighted by atomic mass is 9.85. The monoisotopic (exact) mass is 225 g/mol. The molecule has 0 aliphatic carbocycles. The standard InChI is InChI=1S/C13H23NO2/c1-4-6-7-11(5-2)8-12(13(14)16)10(3)9-15/h11-12H,4-8H2,1-3H3,(H2,14,16). The smallest absolute Gasteiger partial charge is 0.225 e. The Balaban J connectivity index is 4.47. The second kappa shape index (κ2) is 8.12. The number of rotatable bonds is 8. The molecule has 0 saturated heterocycles. The van der Waals surface area contributed by atoms with Gasteiger partial charge in [-0.15, -0.1) is 0 Å². The fraction of sp³-hybridized carbons (Fsp3) is 0.769. The van der Waals surface area contributed by atoms with E-state index in [1.165, 1.54) is 0 Å². The molecule has 0 radical (unpaired) electrons. The van der Waals surface area contributed by atoms with Gasteiger partial charge in [0.15, 0.2) is 0 Å². The molecule has 0 bridgehead atoms. The van der Waals surface area contributed by atoms with Crippen LogP contribution < -0.4 is 5.73 Å². The van der Waals surface area contributed by atoms with Crippen molar-refractivity contribution < 1.29 is 9.59 Å². The van der Waals surface area contributed by atoms with Crippen molar-refractivity contribution in [2.45, 2.75) is 52.9 Å². The van der Waals surface area contributed by atoms with Gasteiger partial charge in [-0.25, -0.2) is 4.79 Å². The van der Waals surface area contributed by atoms with Crippen molar-refractivity contribution >= 4 is 11.8 Å². The summed E-state index contributed by atoms with van der Waals surface area (Å²) >= 11 is 0. The second-order valence-corrected chi connectivity index (χ2v) is 4.39. The number of carbonyl (C=O) groups is 1. The zero-order chi connectivity index (χ0) is 12.6. The molecule has 0 aromatic heterocycles. The van der Waals surface area contributed by atoms with Gasteiger partial charge in [-0.3, -0.25) is 4.79 Å². The van der Waals surface area contributed by atoms with Crippen molar-refractivity contribution in [3.8, 4) is 0 Å². The van der Waals surface area contributed by atoms with Gasteiger partial charge in [0.05, 0.1) is 5.92 Å². The van der Waals surface area contributed by atoms with Crippen LogP contribution in [-0.2, 0) is 9.59 Å². The van der Waals surface area contributed by atoms with Crippen molar-refractivity contribution in [1.29, 1.82) is 0 Å². The zero-order valence-electron chi connectivity index (χ0n) is 10.6. The van der Waals surface area contributed by atoms with E-state index in [0.717, 1.165) is 25.7 Å². The van der Waals surface area contributed by atoms with Gasteiger partial charge in [0.25, 0.3) is 0 Å². The van der Waals surface area contributed by atoms with Crippen molar-refractivity contribution in [3.63, 3.8) is 0 Å². The highest BCUT2D eigenvalue weighted by Crippen LogP contribution is 2.24. The maximum atomic E-state index is 11.2. The highest BCUT2D eigenvalue weighted by Gasteiger charge is 2.22. The second-order valence-electron chi connectivity index (χ2n) is 4.39. The van der Waals surface area contributed by atoms with Crippen LogP contribution in [0.15, 0.2) is 5.57 Å². The molecule has 0 aliphatic rings. The van der Waals surface area contributed by atoms with Crippen LogP contribution in [0.1, 0.15) is 52.9 Å². The molecular formula is C13H23NO2. The molecule has 92 valence electrons. The van der Waals surface area contributed by atoms with E-state index in [2.05, 4.69) is 13.8 Å². The van der Waals surface area contributed by atoms with E-state index in [9.17, 15) is 9.59 Å². The summed E-state index contributed by atoms with van der Waals surface area (Å²) in [5.74, 6) is 1.43. The van der Waals surface area contributed by atoms with Crippen LogP contribution in [-0.4, -0.2) is 11.8 Å². The number of primary amides is 1. The number of unbranched alkanes of at least 4 members (excludes halogenated alkanes) is 1. The van der Waals surface area contributed by atoms with Crippen LogP contribution in [0.2, 0.25) is 0 Å². The van der Waals surface area contributed by atoms with Gasteiger partial charge in [0.1, 0.15) is 5.94 Å². The molecule has 1 amide bonds. The van der Waals surface area contributed by atoms with Crippen LogP contribution in [0, 0.1) is 11.8 Å². The van der Waals surface area contributed by atoms with Crippen molar-refractivity contribution in [3.05, 3.63) is 5.57 Å². The minimum absolute atomic E-state index is 0.407. The van der Waals surface area contributed by atoms with E-state index in [-0.39, 0.29) is 0 Å². The van der Waals surface area contributed by atoms with Crippen molar-refractivity contribution in [1.82, 2.24) is 0 Å². The van der Waals surface area contributed by atoms with E-state index in [1.54, 1.807) is 12.9 Å². The third-order valence-electron chi connectivity index (χ3n) is 3.14. The quantitative estimate of drug-likeness (QED) is 0.645. The number of hydrogen-bond acceptors (Lipinski definition) is 2. The molecule has 2 atom stereocenters. The lowest BCUT2D eigenvalue weighted by Crippen LogP contribution is -2.26. The molecule has 3 nitrogen and oxygen atoms in total. The van der Waals surface area contributed by atoms with Gasteiger partial charge in [0, 0.05) is 5.57 Å². The van der Waals surface area contributed by atoms with Crippen LogP contribution in [0.3, 0.4) is 0 Å². The molecule has 0 aromatic carbocycles. The first-order chi connectivity index (χ1) is 7.56. The topological polar surface area (TPSA) is 60.2 Å². The summed E-state index contributed by atoms with van der Waals surface area (Å²) in [7, 11) is 0. The SMILES string of the molecule is CCCCC(CC)CC(C(N)=O)C(C)=C=O. The van der Waals surface area contributed by atoms with Crippen LogP contribution in [0.4, 0.5) is 0 Å². The summed E-state index contributed by atoms with van der Waals surface area (Å²) in [5.41, 5.74) is 5.74. The molecule has 2 N–H and O–H groups in total. The van der Waals surface area contributed by atoms with Crippen LogP contribution in [0.25, 0.3) is 0 Å². The Kier molecular flexibility index (Phi) is 7.57. The van der Waals surface area contributed by atoms with Gasteiger partial charge in [0.2, 0.25) is 5.91 Å². The van der Waals surface area contributed by atoms with Crippen molar-refractivity contribution in [2.24, 2.45) is 17.6 Å². The molecule has 0 heterocycles. The fourth-order valence-electron chi connectivity index (χ4n) is 1.89. The van der Waals surface area contributed by atoms with Crippen LogP contribution in [0.5, 0.6) is 0 Å². The Morgan fingerprint density at radius 3 is 2.38 bits per heavy atom. The van der Waals surface area contributed by atoms with E-state index >= 15 is 0 Å². The van der Waals surface area contributed by atoms with E-state index in [4.69, 9.17) is 5.73 Å². The molecule has 0 fully saturated rings. The highest BCUT2D eigenvalue weighted by atomic mass is 16.1. The predicted octanol–water partition coefficient (Wildman–Crippen LogP) is 2.47. The molecule has 2 unspecified atom stereocenters. The number of carbonyl (C=O) groups excluding carboxylic acids is 2. The summed E-state index contributed by atoms with van der Waals surface area (Å²) in [6.07, 6.45) is 5.12. The number of nitrogens with two attached hydrogens (primary N) is 1. The number of hydrogen-bond donors (Lipinski definition) is 1. The van der Waals surface area contributed by atoms with Gasteiger partial charge in [-0.05, 0) is 19.3 Å². The van der Waals surface area contributed by atoms with E-state index in [0.29, 0.717) is 17.9 Å². The van der Waals surface area contributed by atoms with Crippen LogP contribution >= 0.6 is 0 Å². The number of amides is 1. The Morgan fingerprint density at radius 1 is 1.38 bits per heavy atom. The molecule has 0 rings (SSSR count). The largest absolute Gasteiger partial charge is 0.369 e. The summed E-state index contributed by atoms with van der Waals surface area (Å²) < 4.78 is 0. The normalized spacial score (nSPS) is 13.9. The Hall–Kier alpha value is -1.08. The molecule has 0 spiro atoms. The summed E-state index contributed by atoms with van der Waals surface area (Å²) in [6, 6.07) is 0. The van der Waals surface area contributed by atoms with Gasteiger partial charge in [-0.2, -0.15) is 0 Å². The van der Waals surface area contributed by atoms with Crippen molar-refractivity contribution in [2.75, 3.05) is 0 Å². The minimum Gasteiger partial charge on any atom is -0.369 e. The molecule has 0 aliphatic heterocycles. The Bertz CT molecular complexity index is 267. The van der Waals surface area contributed by atoms with Gasteiger partial charge >= 0.3 is 0 Å². The maximum Gasteiger partial charge on any atom is 0.225 e. The Morgan fingerprint density at radius 2 is 2.00 bits per heavy atom. The average Bonchev–Trinajstić information content (AvgIpc) is 2.28. The fourth-order valence-corrected chi connectivity index (χ4v) is 1.89. The lowest BCUT2D eigenvalue weighted by molar-refractivity contribution is -0.121. The maximum absolute atomic E-state index is 11.2. The molecule has 0 aromatic rings. The van der Waals surface area contributed by atoms with Gasteiger partial charge in [-0.1, -0.05) is 39.5 Å². The molecule has 3 heteroatoms. The lowest BCUT2D eigenvalue weighted by Gasteiger charge is -2.19. The summed E-state index contributed by atoms with van der Waals surface area (Å²) in [5, 5.41) is 0. The molecule has 0 saturated carbocycles. The Labute approximate surface area is 98.1 Å². The minimum atomic E-state index is -0.431. The summed E-state index contributed by atoms with van der Waals surface area (Å²) in [6.45, 7) is 5.89. The zero-order valence-corrected chi connectivity index (χ0v) is 10.6. The van der Waals surface area contributed by atoms with E-state index < -0.39 is 11.8 Å². The first-order valence-corrected chi connectivity index (χ1v) is 6.07. The highest BCUT2D eigenvalue weighted by molar-refractivity contribution is 5.82. The van der Waals surface area contributed by atoms with Gasteiger partial charge < -0.3 is 5.73 Å². The average molecular weight is 225 g/mol. The van der Waals surface area contributed by atoms with E-state index in [1.807, 2.05) is 0 Å².